The second-order valence-corrected chi connectivity index (χ2v) is 7.10. The number of pyridine rings is 1. The summed E-state index contributed by atoms with van der Waals surface area (Å²) < 4.78 is 0. The summed E-state index contributed by atoms with van der Waals surface area (Å²) in [5, 5.41) is 3.88. The molecule has 1 aliphatic heterocycles. The van der Waals surface area contributed by atoms with Crippen molar-refractivity contribution in [3.05, 3.63) is 45.2 Å². The molecule has 23 heavy (non-hydrogen) atoms. The molecule has 0 fully saturated rings. The van der Waals surface area contributed by atoms with Crippen LogP contribution in [0.3, 0.4) is 0 Å². The number of hydrogen-bond acceptors (Lipinski definition) is 4. The van der Waals surface area contributed by atoms with Crippen molar-refractivity contribution in [3.63, 3.8) is 0 Å². The third-order valence-corrected chi connectivity index (χ3v) is 5.11. The van der Waals surface area contributed by atoms with Crippen molar-refractivity contribution in [1.82, 2.24) is 10.3 Å². The second-order valence-electron chi connectivity index (χ2n) is 6.00. The van der Waals surface area contributed by atoms with Crippen LogP contribution in [0.5, 0.6) is 0 Å². The van der Waals surface area contributed by atoms with E-state index >= 15 is 0 Å². The van der Waals surface area contributed by atoms with Gasteiger partial charge in [-0.3, -0.25) is 9.59 Å². The topological polar surface area (TPSA) is 88.0 Å². The second kappa shape index (κ2) is 6.76. The summed E-state index contributed by atoms with van der Waals surface area (Å²) in [7, 11) is 0. The first-order chi connectivity index (χ1) is 11.1. The van der Waals surface area contributed by atoms with Gasteiger partial charge in [0, 0.05) is 40.4 Å². The molecule has 2 heterocycles. The standard InChI is InChI=1S/C17H21N3O2S/c1-10(18)4-6-19-16(21)11-2-3-15-13(8-11)12-5-7-23-9-14(12)17(22)20-15/h2-3,8,10H,4-7,9,18H2,1H3,(H,19,21)(H,20,22). The zero-order valence-corrected chi connectivity index (χ0v) is 14.0. The largest absolute Gasteiger partial charge is 0.352 e. The maximum absolute atomic E-state index is 12.3. The van der Waals surface area contributed by atoms with Crippen LogP contribution in [0.15, 0.2) is 23.0 Å². The van der Waals surface area contributed by atoms with Gasteiger partial charge in [-0.15, -0.1) is 0 Å². The maximum Gasteiger partial charge on any atom is 0.252 e. The molecule has 0 saturated heterocycles. The lowest BCUT2D eigenvalue weighted by molar-refractivity contribution is 0.0953. The van der Waals surface area contributed by atoms with Crippen molar-refractivity contribution < 1.29 is 4.79 Å². The highest BCUT2D eigenvalue weighted by molar-refractivity contribution is 7.98. The third-order valence-electron chi connectivity index (χ3n) is 4.12. The Kier molecular flexibility index (Phi) is 4.73. The molecule has 3 rings (SSSR count). The van der Waals surface area contributed by atoms with Crippen LogP contribution in [0.4, 0.5) is 0 Å². The number of nitrogens with two attached hydrogens (primary N) is 1. The number of nitrogens with one attached hydrogen (secondary N) is 2. The van der Waals surface area contributed by atoms with Crippen molar-refractivity contribution in [2.24, 2.45) is 5.73 Å². The van der Waals surface area contributed by atoms with E-state index in [9.17, 15) is 9.59 Å². The van der Waals surface area contributed by atoms with E-state index in [4.69, 9.17) is 5.73 Å². The van der Waals surface area contributed by atoms with E-state index in [2.05, 4.69) is 10.3 Å². The number of aromatic amines is 1. The van der Waals surface area contributed by atoms with Gasteiger partial charge in [0.1, 0.15) is 0 Å². The molecular weight excluding hydrogens is 310 g/mol. The summed E-state index contributed by atoms with van der Waals surface area (Å²) in [5.41, 5.74) is 9.05. The summed E-state index contributed by atoms with van der Waals surface area (Å²) in [6.07, 6.45) is 1.62. The third kappa shape index (κ3) is 3.43. The van der Waals surface area contributed by atoms with E-state index in [1.54, 1.807) is 17.8 Å². The predicted octanol–water partition coefficient (Wildman–Crippen LogP) is 1.78. The first-order valence-electron chi connectivity index (χ1n) is 7.85. The Morgan fingerprint density at radius 3 is 3.04 bits per heavy atom. The molecule has 0 saturated carbocycles. The average Bonchev–Trinajstić information content (AvgIpc) is 2.54. The van der Waals surface area contributed by atoms with Crippen molar-refractivity contribution in [2.75, 3.05) is 12.3 Å². The van der Waals surface area contributed by atoms with Gasteiger partial charge in [-0.25, -0.2) is 0 Å². The number of benzene rings is 1. The number of carbonyl (C=O) groups excluding carboxylic acids is 1. The number of amides is 1. The summed E-state index contributed by atoms with van der Waals surface area (Å²) in [6.45, 7) is 2.48. The molecule has 6 heteroatoms. The first kappa shape index (κ1) is 16.1. The van der Waals surface area contributed by atoms with Gasteiger partial charge in [-0.05, 0) is 49.3 Å². The summed E-state index contributed by atoms with van der Waals surface area (Å²) in [5.74, 6) is 1.65. The summed E-state index contributed by atoms with van der Waals surface area (Å²) >= 11 is 1.77. The first-order valence-corrected chi connectivity index (χ1v) is 9.01. The smallest absolute Gasteiger partial charge is 0.252 e. The van der Waals surface area contributed by atoms with Crippen LogP contribution in [0.25, 0.3) is 10.9 Å². The number of thioether (sulfide) groups is 1. The normalized spacial score (nSPS) is 15.2. The Hall–Kier alpha value is -1.79. The van der Waals surface area contributed by atoms with Gasteiger partial charge < -0.3 is 16.0 Å². The Morgan fingerprint density at radius 2 is 2.26 bits per heavy atom. The number of aryl methyl sites for hydroxylation is 1. The lowest BCUT2D eigenvalue weighted by Crippen LogP contribution is -2.29. The average molecular weight is 331 g/mol. The number of hydrogen-bond donors (Lipinski definition) is 3. The molecule has 1 aliphatic rings. The quantitative estimate of drug-likeness (QED) is 0.797. The van der Waals surface area contributed by atoms with Gasteiger partial charge in [0.2, 0.25) is 0 Å². The zero-order chi connectivity index (χ0) is 16.4. The van der Waals surface area contributed by atoms with E-state index in [1.165, 1.54) is 0 Å². The molecule has 1 aromatic heterocycles. The van der Waals surface area contributed by atoms with E-state index < -0.39 is 0 Å². The predicted molar refractivity (Wildman–Crippen MR) is 95.0 cm³/mol. The van der Waals surface area contributed by atoms with Crippen molar-refractivity contribution in [2.45, 2.75) is 31.6 Å². The molecule has 122 valence electrons. The lowest BCUT2D eigenvalue weighted by Gasteiger charge is -2.17. The number of aromatic nitrogens is 1. The van der Waals surface area contributed by atoms with Gasteiger partial charge in [0.15, 0.2) is 0 Å². The number of carbonyl (C=O) groups is 1. The Bertz CT molecular complexity index is 798. The van der Waals surface area contributed by atoms with Crippen molar-refractivity contribution >= 4 is 28.6 Å². The van der Waals surface area contributed by atoms with E-state index in [0.717, 1.165) is 46.4 Å². The highest BCUT2D eigenvalue weighted by atomic mass is 32.2. The summed E-state index contributed by atoms with van der Waals surface area (Å²) in [6, 6.07) is 5.53. The highest BCUT2D eigenvalue weighted by Gasteiger charge is 2.17. The van der Waals surface area contributed by atoms with E-state index in [0.29, 0.717) is 12.1 Å². The molecule has 4 N–H and O–H groups in total. The molecule has 5 nitrogen and oxygen atoms in total. The fourth-order valence-corrected chi connectivity index (χ4v) is 3.85. The number of rotatable bonds is 4. The molecule has 0 spiro atoms. The molecule has 2 aromatic rings. The molecule has 0 radical (unpaired) electrons. The Balaban J connectivity index is 1.93. The number of H-pyrrole nitrogens is 1. The van der Waals surface area contributed by atoms with E-state index in [1.807, 2.05) is 19.1 Å². The van der Waals surface area contributed by atoms with Gasteiger partial charge in [-0.2, -0.15) is 11.8 Å². The summed E-state index contributed by atoms with van der Waals surface area (Å²) in [4.78, 5) is 27.3. The minimum absolute atomic E-state index is 0.00571. The molecule has 0 aliphatic carbocycles. The fourth-order valence-electron chi connectivity index (χ4n) is 2.84. The highest BCUT2D eigenvalue weighted by Crippen LogP contribution is 2.28. The lowest BCUT2D eigenvalue weighted by atomic mass is 9.99. The number of fused-ring (bicyclic) bond motifs is 3. The fraction of sp³-hybridized carbons (Fsp3) is 0.412. The molecule has 1 aromatic carbocycles. The zero-order valence-electron chi connectivity index (χ0n) is 13.1. The molecular formula is C17H21N3O2S. The minimum Gasteiger partial charge on any atom is -0.352 e. The van der Waals surface area contributed by atoms with Crippen LogP contribution < -0.4 is 16.6 Å². The maximum atomic E-state index is 12.3. The van der Waals surface area contributed by atoms with Crippen LogP contribution in [-0.2, 0) is 12.2 Å². The van der Waals surface area contributed by atoms with Gasteiger partial charge >= 0.3 is 0 Å². The Morgan fingerprint density at radius 1 is 1.43 bits per heavy atom. The SMILES string of the molecule is CC(N)CCNC(=O)c1ccc2[nH]c(=O)c3c(c2c1)CCSC3. The Labute approximate surface area is 139 Å². The van der Waals surface area contributed by atoms with Gasteiger partial charge in [0.05, 0.1) is 0 Å². The van der Waals surface area contributed by atoms with E-state index in [-0.39, 0.29) is 17.5 Å². The molecule has 1 unspecified atom stereocenters. The minimum atomic E-state index is -0.0994. The van der Waals surface area contributed by atoms with Crippen molar-refractivity contribution in [3.8, 4) is 0 Å². The van der Waals surface area contributed by atoms with Gasteiger partial charge in [0.25, 0.3) is 11.5 Å². The van der Waals surface area contributed by atoms with Crippen molar-refractivity contribution in [1.29, 1.82) is 0 Å². The molecule has 1 amide bonds. The van der Waals surface area contributed by atoms with Gasteiger partial charge in [-0.1, -0.05) is 0 Å². The van der Waals surface area contributed by atoms with Crippen LogP contribution in [-0.4, -0.2) is 29.2 Å². The van der Waals surface area contributed by atoms with Crippen LogP contribution in [0, 0.1) is 0 Å². The van der Waals surface area contributed by atoms with Crippen LogP contribution in [0.2, 0.25) is 0 Å². The monoisotopic (exact) mass is 331 g/mol. The van der Waals surface area contributed by atoms with Crippen LogP contribution >= 0.6 is 11.8 Å². The van der Waals surface area contributed by atoms with Crippen LogP contribution in [0.1, 0.15) is 34.8 Å². The molecule has 0 bridgehead atoms. The molecule has 1 atom stereocenters.